The maximum Gasteiger partial charge on any atom is 0.305 e. The van der Waals surface area contributed by atoms with E-state index in [0.717, 1.165) is 31.0 Å². The first-order valence-electron chi connectivity index (χ1n) is 15.0. The highest BCUT2D eigenvalue weighted by Crippen LogP contribution is 2.22. The van der Waals surface area contributed by atoms with Gasteiger partial charge in [-0.25, -0.2) is 0 Å². The smallest absolute Gasteiger partial charge is 0.305 e. The molecule has 0 amide bonds. The molecule has 0 N–H and O–H groups in total. The van der Waals surface area contributed by atoms with Crippen molar-refractivity contribution >= 4 is 14.3 Å². The molecule has 0 aromatic carbocycles. The minimum Gasteiger partial charge on any atom is -0.490 e. The van der Waals surface area contributed by atoms with Gasteiger partial charge in [-0.05, 0) is 31.5 Å². The van der Waals surface area contributed by atoms with Crippen LogP contribution < -0.4 is 0 Å². The van der Waals surface area contributed by atoms with Crippen LogP contribution in [0.25, 0.3) is 0 Å². The van der Waals surface area contributed by atoms with Gasteiger partial charge in [-0.2, -0.15) is 0 Å². The van der Waals surface area contributed by atoms with Crippen LogP contribution in [0.15, 0.2) is 12.3 Å². The quantitative estimate of drug-likeness (QED) is 0.0500. The second-order valence-corrected chi connectivity index (χ2v) is 15.2. The molecule has 5 heteroatoms. The Bertz CT molecular complexity index is 496. The van der Waals surface area contributed by atoms with E-state index in [1.54, 1.807) is 0 Å². The van der Waals surface area contributed by atoms with Gasteiger partial charge in [0, 0.05) is 6.42 Å². The van der Waals surface area contributed by atoms with E-state index < -0.39 is 8.32 Å². The van der Waals surface area contributed by atoms with Gasteiger partial charge in [0.1, 0.15) is 6.61 Å². The zero-order chi connectivity index (χ0) is 26.2. The number of ether oxygens (including phenoxy) is 2. The van der Waals surface area contributed by atoms with E-state index in [0.29, 0.717) is 18.8 Å². The average molecular weight is 513 g/mol. The van der Waals surface area contributed by atoms with Gasteiger partial charge in [0.05, 0.1) is 12.4 Å². The van der Waals surface area contributed by atoms with Crippen molar-refractivity contribution in [2.45, 2.75) is 162 Å². The third-order valence-corrected chi connectivity index (χ3v) is 11.9. The number of carbonyl (C=O) groups is 1. The fourth-order valence-corrected chi connectivity index (χ4v) is 7.28. The standard InChI is InChI=1S/C30H60O4Si/c1-7-11-12-13-14-15-16-17-18-19-20-21-22-23-24-25-30(31)32-26-29(34-28(5)6)27-33-35(8-2,9-3)10-4/h29H,5,7-27H2,1-4,6H3/t29-/m1/s1. The fourth-order valence-electron chi connectivity index (χ4n) is 4.63. The SMILES string of the molecule is C=C(C)O[C@H](COC(=O)CCCCCCCCCCCCCCCCC)CO[Si](CC)(CC)CC. The van der Waals surface area contributed by atoms with Gasteiger partial charge in [0.25, 0.3) is 0 Å². The van der Waals surface area contributed by atoms with Crippen molar-refractivity contribution < 1.29 is 18.7 Å². The normalized spacial score (nSPS) is 12.5. The summed E-state index contributed by atoms with van der Waals surface area (Å²) in [6, 6.07) is 3.29. The van der Waals surface area contributed by atoms with Crippen LogP contribution >= 0.6 is 0 Å². The Morgan fingerprint density at radius 3 is 1.51 bits per heavy atom. The topological polar surface area (TPSA) is 44.8 Å². The number of carbonyl (C=O) groups excluding carboxylic acids is 1. The zero-order valence-corrected chi connectivity index (χ0v) is 25.3. The predicted octanol–water partition coefficient (Wildman–Crippen LogP) is 9.73. The van der Waals surface area contributed by atoms with Crippen LogP contribution in [0.1, 0.15) is 137 Å². The molecule has 0 aliphatic rings. The van der Waals surface area contributed by atoms with Gasteiger partial charge in [0.15, 0.2) is 14.4 Å². The maximum atomic E-state index is 12.2. The summed E-state index contributed by atoms with van der Waals surface area (Å²) in [5.41, 5.74) is 0. The third kappa shape index (κ3) is 20.0. The first kappa shape index (κ1) is 34.2. The lowest BCUT2D eigenvalue weighted by molar-refractivity contribution is -0.147. The molecule has 0 heterocycles. The van der Waals surface area contributed by atoms with E-state index in [9.17, 15) is 4.79 Å². The van der Waals surface area contributed by atoms with Crippen molar-refractivity contribution in [2.75, 3.05) is 13.2 Å². The minimum atomic E-state index is -1.69. The molecular formula is C30H60O4Si. The van der Waals surface area contributed by atoms with Crippen molar-refractivity contribution in [3.8, 4) is 0 Å². The molecule has 0 aliphatic heterocycles. The molecule has 0 bridgehead atoms. The van der Waals surface area contributed by atoms with Crippen molar-refractivity contribution in [2.24, 2.45) is 0 Å². The number of unbranched alkanes of at least 4 members (excludes halogenated alkanes) is 14. The van der Waals surface area contributed by atoms with E-state index in [2.05, 4.69) is 34.3 Å². The lowest BCUT2D eigenvalue weighted by Gasteiger charge is -2.30. The zero-order valence-electron chi connectivity index (χ0n) is 24.3. The first-order chi connectivity index (χ1) is 16.9. The minimum absolute atomic E-state index is 0.125. The van der Waals surface area contributed by atoms with Crippen LogP contribution in [-0.2, 0) is 18.7 Å². The molecule has 1 atom stereocenters. The summed E-state index contributed by atoms with van der Waals surface area (Å²) in [6.07, 6.45) is 20.1. The van der Waals surface area contributed by atoms with Gasteiger partial charge < -0.3 is 13.9 Å². The Labute approximate surface area is 220 Å². The van der Waals surface area contributed by atoms with Gasteiger partial charge in [-0.1, -0.05) is 124 Å². The molecule has 0 radical (unpaired) electrons. The lowest BCUT2D eigenvalue weighted by atomic mass is 10.0. The molecule has 0 aliphatic carbocycles. The summed E-state index contributed by atoms with van der Waals surface area (Å²) >= 11 is 0. The average Bonchev–Trinajstić information content (AvgIpc) is 2.85. The van der Waals surface area contributed by atoms with Crippen LogP contribution in [0.4, 0.5) is 0 Å². The van der Waals surface area contributed by atoms with Gasteiger partial charge in [0.2, 0.25) is 0 Å². The molecular weight excluding hydrogens is 452 g/mol. The summed E-state index contributed by atoms with van der Waals surface area (Å²) < 4.78 is 17.7. The third-order valence-electron chi connectivity index (χ3n) is 7.29. The first-order valence-corrected chi connectivity index (χ1v) is 17.6. The van der Waals surface area contributed by atoms with E-state index in [4.69, 9.17) is 13.9 Å². The van der Waals surface area contributed by atoms with E-state index in [-0.39, 0.29) is 18.7 Å². The van der Waals surface area contributed by atoms with Crippen LogP contribution in [-0.4, -0.2) is 33.6 Å². The van der Waals surface area contributed by atoms with E-state index in [1.165, 1.54) is 83.5 Å². The molecule has 0 rings (SSSR count). The summed E-state index contributed by atoms with van der Waals surface area (Å²) in [5, 5.41) is 0. The molecule has 0 aromatic heterocycles. The fraction of sp³-hybridized carbons (Fsp3) is 0.900. The summed E-state index contributed by atoms with van der Waals surface area (Å²) in [6.45, 7) is 15.3. The largest absolute Gasteiger partial charge is 0.490 e. The second kappa shape index (κ2) is 23.6. The molecule has 0 unspecified atom stereocenters. The number of esters is 1. The number of allylic oxidation sites excluding steroid dienone is 1. The van der Waals surface area contributed by atoms with Crippen molar-refractivity contribution in [1.82, 2.24) is 0 Å². The molecule has 208 valence electrons. The van der Waals surface area contributed by atoms with E-state index in [1.807, 2.05) is 6.92 Å². The molecule has 0 spiro atoms. The highest BCUT2D eigenvalue weighted by molar-refractivity contribution is 6.73. The van der Waals surface area contributed by atoms with Crippen LogP contribution in [0.3, 0.4) is 0 Å². The second-order valence-electron chi connectivity index (χ2n) is 10.4. The van der Waals surface area contributed by atoms with Crippen molar-refractivity contribution in [1.29, 1.82) is 0 Å². The molecule has 35 heavy (non-hydrogen) atoms. The Balaban J connectivity index is 3.79. The monoisotopic (exact) mass is 512 g/mol. The lowest BCUT2D eigenvalue weighted by Crippen LogP contribution is -2.40. The van der Waals surface area contributed by atoms with Crippen LogP contribution in [0.5, 0.6) is 0 Å². The molecule has 0 saturated carbocycles. The van der Waals surface area contributed by atoms with E-state index >= 15 is 0 Å². The Kier molecular flexibility index (Phi) is 23.0. The summed E-state index contributed by atoms with van der Waals surface area (Å²) in [7, 11) is -1.69. The predicted molar refractivity (Wildman–Crippen MR) is 153 cm³/mol. The summed E-state index contributed by atoms with van der Waals surface area (Å²) in [5.74, 6) is 0.508. The van der Waals surface area contributed by atoms with Crippen molar-refractivity contribution in [3.05, 3.63) is 12.3 Å². The Hall–Kier alpha value is -0.813. The highest BCUT2D eigenvalue weighted by atomic mass is 28.4. The van der Waals surface area contributed by atoms with Gasteiger partial charge in [-0.15, -0.1) is 0 Å². The number of hydrogen-bond donors (Lipinski definition) is 0. The van der Waals surface area contributed by atoms with Crippen molar-refractivity contribution in [3.63, 3.8) is 0 Å². The Morgan fingerprint density at radius 2 is 1.11 bits per heavy atom. The molecule has 0 saturated heterocycles. The highest BCUT2D eigenvalue weighted by Gasteiger charge is 2.30. The molecule has 0 aromatic rings. The number of rotatable bonds is 26. The summed E-state index contributed by atoms with van der Waals surface area (Å²) in [4.78, 5) is 12.2. The van der Waals surface area contributed by atoms with Crippen LogP contribution in [0, 0.1) is 0 Å². The maximum absolute atomic E-state index is 12.2. The number of hydrogen-bond acceptors (Lipinski definition) is 4. The molecule has 4 nitrogen and oxygen atoms in total. The Morgan fingerprint density at radius 1 is 0.686 bits per heavy atom. The van der Waals surface area contributed by atoms with Gasteiger partial charge >= 0.3 is 5.97 Å². The van der Waals surface area contributed by atoms with Gasteiger partial charge in [-0.3, -0.25) is 4.79 Å². The van der Waals surface area contributed by atoms with Crippen LogP contribution in [0.2, 0.25) is 18.1 Å². The molecule has 0 fully saturated rings.